The van der Waals surface area contributed by atoms with Crippen LogP contribution in [0.15, 0.2) is 30.5 Å². The summed E-state index contributed by atoms with van der Waals surface area (Å²) in [6.07, 6.45) is 2.08. The predicted octanol–water partition coefficient (Wildman–Crippen LogP) is 2.32. The Morgan fingerprint density at radius 1 is 1.39 bits per heavy atom. The molecule has 6 nitrogen and oxygen atoms in total. The summed E-state index contributed by atoms with van der Waals surface area (Å²) in [5, 5.41) is 10.1. The van der Waals surface area contributed by atoms with Crippen molar-refractivity contribution in [1.29, 1.82) is 0 Å². The summed E-state index contributed by atoms with van der Waals surface area (Å²) in [4.78, 5) is 29.8. The van der Waals surface area contributed by atoms with Crippen LogP contribution in [-0.2, 0) is 9.53 Å². The van der Waals surface area contributed by atoms with Gasteiger partial charge in [-0.3, -0.25) is 9.78 Å². The molecule has 1 atom stereocenters. The fraction of sp³-hybridized carbons (Fsp3) is 0.353. The van der Waals surface area contributed by atoms with E-state index < -0.39 is 17.9 Å². The van der Waals surface area contributed by atoms with Gasteiger partial charge in [-0.05, 0) is 19.4 Å². The van der Waals surface area contributed by atoms with E-state index in [2.05, 4.69) is 4.98 Å². The molecule has 1 aliphatic heterocycles. The van der Waals surface area contributed by atoms with E-state index in [1.807, 2.05) is 29.2 Å². The average molecular weight is 314 g/mol. The van der Waals surface area contributed by atoms with E-state index in [4.69, 9.17) is 4.74 Å². The number of carbonyl (C=O) groups is 2. The fourth-order valence-corrected chi connectivity index (χ4v) is 2.99. The molecule has 2 aromatic rings. The van der Waals surface area contributed by atoms with Gasteiger partial charge in [0.1, 0.15) is 5.56 Å². The van der Waals surface area contributed by atoms with Crippen molar-refractivity contribution in [3.63, 3.8) is 0 Å². The summed E-state index contributed by atoms with van der Waals surface area (Å²) in [6, 6.07) is 7.54. The number of aromatic nitrogens is 1. The number of esters is 1. The van der Waals surface area contributed by atoms with Gasteiger partial charge in [-0.15, -0.1) is 0 Å². The highest BCUT2D eigenvalue weighted by molar-refractivity contribution is 6.05. The van der Waals surface area contributed by atoms with Gasteiger partial charge in [0.25, 0.3) is 0 Å². The Balaban J connectivity index is 2.10. The smallest absolute Gasteiger partial charge is 0.341 e. The van der Waals surface area contributed by atoms with Crippen molar-refractivity contribution in [2.75, 3.05) is 24.6 Å². The van der Waals surface area contributed by atoms with Crippen LogP contribution in [0.3, 0.4) is 0 Å². The number of ether oxygens (including phenoxy) is 1. The van der Waals surface area contributed by atoms with E-state index in [1.54, 1.807) is 6.92 Å². The van der Waals surface area contributed by atoms with Gasteiger partial charge in [0.05, 0.1) is 23.7 Å². The minimum absolute atomic E-state index is 0.281. The third-order valence-electron chi connectivity index (χ3n) is 4.10. The first-order valence-corrected chi connectivity index (χ1v) is 7.64. The number of carbonyl (C=O) groups excluding carboxylic acids is 1. The van der Waals surface area contributed by atoms with Crippen molar-refractivity contribution < 1.29 is 19.4 Å². The largest absolute Gasteiger partial charge is 0.481 e. The van der Waals surface area contributed by atoms with E-state index in [1.165, 1.54) is 6.20 Å². The molecule has 0 amide bonds. The van der Waals surface area contributed by atoms with Gasteiger partial charge in [-0.1, -0.05) is 18.2 Å². The van der Waals surface area contributed by atoms with E-state index in [-0.39, 0.29) is 6.61 Å². The van der Waals surface area contributed by atoms with Gasteiger partial charge >= 0.3 is 11.9 Å². The second kappa shape index (κ2) is 6.24. The van der Waals surface area contributed by atoms with E-state index >= 15 is 0 Å². The van der Waals surface area contributed by atoms with Crippen LogP contribution >= 0.6 is 0 Å². The number of hydrogen-bond acceptors (Lipinski definition) is 5. The molecule has 0 spiro atoms. The number of benzene rings is 1. The lowest BCUT2D eigenvalue weighted by atomic mass is 10.1. The molecule has 1 aromatic carbocycles. The lowest BCUT2D eigenvalue weighted by molar-refractivity contribution is -0.140. The van der Waals surface area contributed by atoms with Crippen LogP contribution < -0.4 is 4.90 Å². The van der Waals surface area contributed by atoms with Crippen molar-refractivity contribution in [2.24, 2.45) is 5.92 Å². The summed E-state index contributed by atoms with van der Waals surface area (Å²) in [5.74, 6) is -1.65. The quantitative estimate of drug-likeness (QED) is 0.873. The summed E-state index contributed by atoms with van der Waals surface area (Å²) in [5.41, 5.74) is 1.88. The molecular formula is C17H18N2O4. The van der Waals surface area contributed by atoms with Crippen molar-refractivity contribution in [1.82, 2.24) is 4.98 Å². The van der Waals surface area contributed by atoms with Crippen LogP contribution in [0, 0.1) is 5.92 Å². The van der Waals surface area contributed by atoms with E-state index in [0.717, 1.165) is 16.6 Å². The number of anilines is 1. The third kappa shape index (κ3) is 2.84. The summed E-state index contributed by atoms with van der Waals surface area (Å²) in [6.45, 7) is 3.01. The first-order chi connectivity index (χ1) is 11.1. The second-order valence-electron chi connectivity index (χ2n) is 5.53. The molecule has 2 heterocycles. The lowest BCUT2D eigenvalue weighted by Crippen LogP contribution is -2.25. The predicted molar refractivity (Wildman–Crippen MR) is 85.7 cm³/mol. The zero-order valence-electron chi connectivity index (χ0n) is 12.9. The minimum atomic E-state index is -0.802. The molecule has 0 radical (unpaired) electrons. The Bertz CT molecular complexity index is 759. The molecule has 1 saturated heterocycles. The molecule has 3 rings (SSSR count). The number of nitrogens with zero attached hydrogens (tertiary/aromatic N) is 2. The summed E-state index contributed by atoms with van der Waals surface area (Å²) in [7, 11) is 0. The topological polar surface area (TPSA) is 79.7 Å². The van der Waals surface area contributed by atoms with Crippen molar-refractivity contribution in [2.45, 2.75) is 13.3 Å². The molecule has 1 aliphatic rings. The lowest BCUT2D eigenvalue weighted by Gasteiger charge is -2.22. The molecule has 120 valence electrons. The first kappa shape index (κ1) is 15.3. The minimum Gasteiger partial charge on any atom is -0.481 e. The van der Waals surface area contributed by atoms with Crippen molar-refractivity contribution in [3.8, 4) is 0 Å². The maximum atomic E-state index is 12.3. The van der Waals surface area contributed by atoms with E-state index in [9.17, 15) is 14.7 Å². The number of fused-ring (bicyclic) bond motifs is 1. The van der Waals surface area contributed by atoms with Crippen LogP contribution in [0.4, 0.5) is 5.69 Å². The van der Waals surface area contributed by atoms with Gasteiger partial charge in [0, 0.05) is 24.7 Å². The maximum absolute atomic E-state index is 12.3. The Morgan fingerprint density at radius 2 is 2.17 bits per heavy atom. The van der Waals surface area contributed by atoms with Gasteiger partial charge < -0.3 is 14.7 Å². The number of carboxylic acid groups (broad SMARTS) is 1. The SMILES string of the molecule is CCOC(=O)c1cnc2ccccc2c1N1CCC(C(=O)O)C1. The number of aliphatic carboxylic acids is 1. The Hall–Kier alpha value is -2.63. The number of carboxylic acids is 1. The zero-order chi connectivity index (χ0) is 16.4. The molecule has 0 bridgehead atoms. The highest BCUT2D eigenvalue weighted by atomic mass is 16.5. The Morgan fingerprint density at radius 3 is 2.87 bits per heavy atom. The molecule has 1 aromatic heterocycles. The maximum Gasteiger partial charge on any atom is 0.341 e. The fourth-order valence-electron chi connectivity index (χ4n) is 2.99. The average Bonchev–Trinajstić information content (AvgIpc) is 3.04. The van der Waals surface area contributed by atoms with Crippen molar-refractivity contribution in [3.05, 3.63) is 36.0 Å². The van der Waals surface area contributed by atoms with Crippen LogP contribution in [0.1, 0.15) is 23.7 Å². The highest BCUT2D eigenvalue weighted by Gasteiger charge is 2.31. The summed E-state index contributed by atoms with van der Waals surface area (Å²) >= 11 is 0. The number of pyridine rings is 1. The molecular weight excluding hydrogens is 296 g/mol. The molecule has 1 N–H and O–H groups in total. The molecule has 0 saturated carbocycles. The van der Waals surface area contributed by atoms with Gasteiger partial charge in [0.2, 0.25) is 0 Å². The number of hydrogen-bond donors (Lipinski definition) is 1. The molecule has 1 fully saturated rings. The van der Waals surface area contributed by atoms with Gasteiger partial charge in [-0.25, -0.2) is 4.79 Å². The van der Waals surface area contributed by atoms with Crippen LogP contribution in [0.5, 0.6) is 0 Å². The first-order valence-electron chi connectivity index (χ1n) is 7.64. The van der Waals surface area contributed by atoms with Crippen molar-refractivity contribution >= 4 is 28.5 Å². The Labute approximate surface area is 133 Å². The molecule has 1 unspecified atom stereocenters. The van der Waals surface area contributed by atoms with Crippen LogP contribution in [0.2, 0.25) is 0 Å². The van der Waals surface area contributed by atoms with Gasteiger partial charge in [0.15, 0.2) is 0 Å². The normalized spacial score (nSPS) is 17.4. The third-order valence-corrected chi connectivity index (χ3v) is 4.10. The van der Waals surface area contributed by atoms with Crippen LogP contribution in [0.25, 0.3) is 10.9 Å². The van der Waals surface area contributed by atoms with Crippen LogP contribution in [-0.4, -0.2) is 41.7 Å². The zero-order valence-corrected chi connectivity index (χ0v) is 12.9. The number of para-hydroxylation sites is 1. The molecule has 0 aliphatic carbocycles. The molecule has 6 heteroatoms. The monoisotopic (exact) mass is 314 g/mol. The standard InChI is InChI=1S/C17H18N2O4/c1-2-23-17(22)13-9-18-14-6-4-3-5-12(14)15(13)19-8-7-11(10-19)16(20)21/h3-6,9,11H,2,7-8,10H2,1H3,(H,20,21). The van der Waals surface area contributed by atoms with E-state index in [0.29, 0.717) is 25.1 Å². The van der Waals surface area contributed by atoms with Gasteiger partial charge in [-0.2, -0.15) is 0 Å². The second-order valence-corrected chi connectivity index (χ2v) is 5.53. The highest BCUT2D eigenvalue weighted by Crippen LogP contribution is 2.33. The molecule has 23 heavy (non-hydrogen) atoms. The Kier molecular flexibility index (Phi) is 4.14. The number of rotatable bonds is 4. The summed E-state index contributed by atoms with van der Waals surface area (Å²) < 4.78 is 5.13.